The van der Waals surface area contributed by atoms with Crippen molar-refractivity contribution >= 4 is 18.0 Å². The topological polar surface area (TPSA) is 66.4 Å². The molecule has 0 radical (unpaired) electrons. The fourth-order valence-electron chi connectivity index (χ4n) is 2.41. The number of benzene rings is 1. The van der Waals surface area contributed by atoms with Gasteiger partial charge < -0.3 is 10.4 Å². The monoisotopic (exact) mass is 287 g/mol. The van der Waals surface area contributed by atoms with E-state index in [0.29, 0.717) is 12.3 Å². The highest BCUT2D eigenvalue weighted by molar-refractivity contribution is 5.85. The van der Waals surface area contributed by atoms with Crippen molar-refractivity contribution in [2.24, 2.45) is 5.92 Å². The number of carbonyl (C=O) groups is 2. The Bertz CT molecular complexity index is 529. The summed E-state index contributed by atoms with van der Waals surface area (Å²) < 4.78 is 0. The highest BCUT2D eigenvalue weighted by Crippen LogP contribution is 2.29. The number of amides is 1. The molecule has 1 aliphatic rings. The molecule has 4 nitrogen and oxygen atoms in total. The highest BCUT2D eigenvalue weighted by atomic mass is 16.4. The number of hydrogen-bond donors (Lipinski definition) is 2. The van der Waals surface area contributed by atoms with E-state index in [1.54, 1.807) is 6.08 Å². The van der Waals surface area contributed by atoms with Crippen LogP contribution in [-0.2, 0) is 9.59 Å². The van der Waals surface area contributed by atoms with Crippen LogP contribution in [0.25, 0.3) is 6.08 Å². The minimum atomic E-state index is -0.962. The normalized spacial score (nSPS) is 16.4. The fourth-order valence-corrected chi connectivity index (χ4v) is 2.41. The summed E-state index contributed by atoms with van der Waals surface area (Å²) in [6, 6.07) is 7.49. The standard InChI is InChI=1S/C17H21NO3/c1-12(18-16(19)11-14-3-2-4-14)15-8-5-13(6-9-15)7-10-17(20)21/h5-10,12,14H,2-4,11H2,1H3,(H,18,19)(H,20,21)/b10-7+. The maximum Gasteiger partial charge on any atom is 0.328 e. The Labute approximate surface area is 124 Å². The molecule has 1 atom stereocenters. The van der Waals surface area contributed by atoms with Gasteiger partial charge in [-0.25, -0.2) is 4.79 Å². The van der Waals surface area contributed by atoms with Crippen LogP contribution < -0.4 is 5.32 Å². The first-order valence-electron chi connectivity index (χ1n) is 7.35. The average molecular weight is 287 g/mol. The predicted octanol–water partition coefficient (Wildman–Crippen LogP) is 3.15. The zero-order chi connectivity index (χ0) is 15.2. The van der Waals surface area contributed by atoms with Crippen molar-refractivity contribution in [3.63, 3.8) is 0 Å². The van der Waals surface area contributed by atoms with Crippen molar-refractivity contribution in [1.82, 2.24) is 5.32 Å². The van der Waals surface area contributed by atoms with Crippen LogP contribution >= 0.6 is 0 Å². The van der Waals surface area contributed by atoms with E-state index in [0.717, 1.165) is 17.2 Å². The maximum atomic E-state index is 11.9. The van der Waals surface area contributed by atoms with Gasteiger partial charge in [0, 0.05) is 12.5 Å². The van der Waals surface area contributed by atoms with E-state index in [2.05, 4.69) is 5.32 Å². The fraction of sp³-hybridized carbons (Fsp3) is 0.412. The van der Waals surface area contributed by atoms with Crippen LogP contribution in [0.3, 0.4) is 0 Å². The van der Waals surface area contributed by atoms with Gasteiger partial charge in [0.25, 0.3) is 0 Å². The summed E-state index contributed by atoms with van der Waals surface area (Å²) in [5.74, 6) is -0.279. The van der Waals surface area contributed by atoms with E-state index in [-0.39, 0.29) is 11.9 Å². The van der Waals surface area contributed by atoms with Gasteiger partial charge in [-0.15, -0.1) is 0 Å². The third-order valence-corrected chi connectivity index (χ3v) is 3.93. The van der Waals surface area contributed by atoms with Crippen LogP contribution in [-0.4, -0.2) is 17.0 Å². The Hall–Kier alpha value is -2.10. The molecule has 0 aliphatic heterocycles. The zero-order valence-electron chi connectivity index (χ0n) is 12.2. The predicted molar refractivity (Wildman–Crippen MR) is 81.6 cm³/mol. The maximum absolute atomic E-state index is 11.9. The molecule has 1 saturated carbocycles. The number of aliphatic carboxylic acids is 1. The lowest BCUT2D eigenvalue weighted by atomic mass is 9.83. The lowest BCUT2D eigenvalue weighted by Crippen LogP contribution is -2.29. The number of nitrogens with one attached hydrogen (secondary N) is 1. The van der Waals surface area contributed by atoms with E-state index >= 15 is 0 Å². The highest BCUT2D eigenvalue weighted by Gasteiger charge is 2.21. The molecular weight excluding hydrogens is 266 g/mol. The molecule has 0 saturated heterocycles. The summed E-state index contributed by atoms with van der Waals surface area (Å²) >= 11 is 0. The smallest absolute Gasteiger partial charge is 0.328 e. The Morgan fingerprint density at radius 3 is 2.52 bits per heavy atom. The molecule has 2 N–H and O–H groups in total. The van der Waals surface area contributed by atoms with E-state index < -0.39 is 5.97 Å². The minimum Gasteiger partial charge on any atom is -0.478 e. The van der Waals surface area contributed by atoms with Crippen LogP contribution in [0.4, 0.5) is 0 Å². The molecule has 4 heteroatoms. The lowest BCUT2D eigenvalue weighted by molar-refractivity contribution is -0.131. The molecule has 1 aromatic rings. The van der Waals surface area contributed by atoms with Crippen molar-refractivity contribution in [3.05, 3.63) is 41.5 Å². The molecule has 1 fully saturated rings. The SMILES string of the molecule is CC(NC(=O)CC1CCC1)c1ccc(/C=C/C(=O)O)cc1. The quantitative estimate of drug-likeness (QED) is 0.790. The van der Waals surface area contributed by atoms with Crippen molar-refractivity contribution in [1.29, 1.82) is 0 Å². The molecular formula is C17H21NO3. The summed E-state index contributed by atoms with van der Waals surface area (Å²) in [5, 5.41) is 11.6. The molecule has 1 aliphatic carbocycles. The molecule has 0 bridgehead atoms. The van der Waals surface area contributed by atoms with Gasteiger partial charge in [-0.1, -0.05) is 30.7 Å². The number of carbonyl (C=O) groups excluding carboxylic acids is 1. The van der Waals surface area contributed by atoms with Crippen LogP contribution in [0.1, 0.15) is 49.8 Å². The summed E-state index contributed by atoms with van der Waals surface area (Å²) in [5.41, 5.74) is 1.85. The molecule has 0 spiro atoms. The number of carboxylic acid groups (broad SMARTS) is 1. The van der Waals surface area contributed by atoms with Gasteiger partial charge >= 0.3 is 5.97 Å². The number of carboxylic acids is 1. The molecule has 2 rings (SSSR count). The summed E-state index contributed by atoms with van der Waals surface area (Å²) in [7, 11) is 0. The van der Waals surface area contributed by atoms with Gasteiger partial charge in [-0.3, -0.25) is 4.79 Å². The van der Waals surface area contributed by atoms with Gasteiger partial charge in [0.05, 0.1) is 6.04 Å². The Morgan fingerprint density at radius 1 is 1.33 bits per heavy atom. The Balaban J connectivity index is 1.88. The second kappa shape index (κ2) is 7.07. The molecule has 112 valence electrons. The second-order valence-corrected chi connectivity index (χ2v) is 5.63. The molecule has 0 aromatic heterocycles. The zero-order valence-corrected chi connectivity index (χ0v) is 12.2. The van der Waals surface area contributed by atoms with Gasteiger partial charge in [-0.05, 0) is 42.9 Å². The lowest BCUT2D eigenvalue weighted by Gasteiger charge is -2.25. The molecule has 0 heterocycles. The molecule has 1 unspecified atom stereocenters. The van der Waals surface area contributed by atoms with Gasteiger partial charge in [0.15, 0.2) is 0 Å². The molecule has 1 aromatic carbocycles. The minimum absolute atomic E-state index is 0.0323. The van der Waals surface area contributed by atoms with E-state index in [4.69, 9.17) is 5.11 Å². The van der Waals surface area contributed by atoms with Crippen LogP contribution in [0.5, 0.6) is 0 Å². The van der Waals surface area contributed by atoms with Crippen LogP contribution in [0.2, 0.25) is 0 Å². The van der Waals surface area contributed by atoms with E-state index in [9.17, 15) is 9.59 Å². The van der Waals surface area contributed by atoms with E-state index in [1.165, 1.54) is 19.3 Å². The van der Waals surface area contributed by atoms with E-state index in [1.807, 2.05) is 31.2 Å². The Kier molecular flexibility index (Phi) is 5.14. The van der Waals surface area contributed by atoms with Gasteiger partial charge in [0.1, 0.15) is 0 Å². The first kappa shape index (κ1) is 15.3. The first-order valence-corrected chi connectivity index (χ1v) is 7.35. The number of rotatable bonds is 6. The van der Waals surface area contributed by atoms with Crippen molar-refractivity contribution < 1.29 is 14.7 Å². The van der Waals surface area contributed by atoms with Crippen molar-refractivity contribution in [3.8, 4) is 0 Å². The van der Waals surface area contributed by atoms with Crippen LogP contribution in [0.15, 0.2) is 30.3 Å². The summed E-state index contributed by atoms with van der Waals surface area (Å²) in [6.07, 6.45) is 6.88. The molecule has 1 amide bonds. The summed E-state index contributed by atoms with van der Waals surface area (Å²) in [6.45, 7) is 1.96. The largest absolute Gasteiger partial charge is 0.478 e. The first-order chi connectivity index (χ1) is 10.0. The van der Waals surface area contributed by atoms with Crippen LogP contribution in [0, 0.1) is 5.92 Å². The van der Waals surface area contributed by atoms with Gasteiger partial charge in [-0.2, -0.15) is 0 Å². The molecule has 21 heavy (non-hydrogen) atoms. The van der Waals surface area contributed by atoms with Crippen molar-refractivity contribution in [2.75, 3.05) is 0 Å². The van der Waals surface area contributed by atoms with Crippen molar-refractivity contribution in [2.45, 2.75) is 38.6 Å². The third-order valence-electron chi connectivity index (χ3n) is 3.93. The third kappa shape index (κ3) is 4.74. The van der Waals surface area contributed by atoms with Gasteiger partial charge in [0.2, 0.25) is 5.91 Å². The Morgan fingerprint density at radius 2 is 2.00 bits per heavy atom. The second-order valence-electron chi connectivity index (χ2n) is 5.63. The number of hydrogen-bond acceptors (Lipinski definition) is 2. The average Bonchev–Trinajstić information content (AvgIpc) is 2.41. The summed E-state index contributed by atoms with van der Waals surface area (Å²) in [4.78, 5) is 22.3.